The molecule has 0 spiro atoms. The normalized spacial score (nSPS) is 24.4. The van der Waals surface area contributed by atoms with Gasteiger partial charge in [-0.1, -0.05) is 0 Å². The van der Waals surface area contributed by atoms with Gasteiger partial charge in [0.05, 0.1) is 6.54 Å². The number of hydrogen-bond acceptors (Lipinski definition) is 2. The van der Waals surface area contributed by atoms with Crippen LogP contribution in [0.3, 0.4) is 0 Å². The molecule has 0 bridgehead atoms. The lowest BCUT2D eigenvalue weighted by atomic mass is 9.93. The van der Waals surface area contributed by atoms with Crippen LogP contribution in [0.4, 0.5) is 13.2 Å². The quantitative estimate of drug-likeness (QED) is 0.791. The van der Waals surface area contributed by atoms with Crippen LogP contribution in [-0.2, 0) is 0 Å². The van der Waals surface area contributed by atoms with Gasteiger partial charge in [-0.2, -0.15) is 13.2 Å². The van der Waals surface area contributed by atoms with Crippen LogP contribution < -0.4 is 5.73 Å². The number of halogens is 3. The third-order valence-corrected chi connectivity index (χ3v) is 2.82. The Labute approximate surface area is 88.6 Å². The van der Waals surface area contributed by atoms with Gasteiger partial charge >= 0.3 is 6.18 Å². The van der Waals surface area contributed by atoms with Gasteiger partial charge in [-0.15, -0.1) is 0 Å². The Kier molecular flexibility index (Phi) is 4.86. The van der Waals surface area contributed by atoms with E-state index in [1.807, 2.05) is 0 Å². The standard InChI is InChI=1S/C10H19F3N2/c11-10(12,13)8-15-6-2-4-9(7-15)3-1-5-14/h9H,1-8,14H2. The van der Waals surface area contributed by atoms with Crippen molar-refractivity contribution < 1.29 is 13.2 Å². The smallest absolute Gasteiger partial charge is 0.330 e. The maximum absolute atomic E-state index is 12.2. The maximum atomic E-state index is 12.2. The van der Waals surface area contributed by atoms with Crippen LogP contribution in [0.25, 0.3) is 0 Å². The molecular formula is C10H19F3N2. The Morgan fingerprint density at radius 1 is 1.33 bits per heavy atom. The van der Waals surface area contributed by atoms with Crippen molar-refractivity contribution in [3.63, 3.8) is 0 Å². The van der Waals surface area contributed by atoms with E-state index < -0.39 is 12.7 Å². The average molecular weight is 224 g/mol. The summed E-state index contributed by atoms with van der Waals surface area (Å²) < 4.78 is 36.5. The van der Waals surface area contributed by atoms with Crippen molar-refractivity contribution in [1.82, 2.24) is 4.90 Å². The molecular weight excluding hydrogens is 205 g/mol. The molecule has 15 heavy (non-hydrogen) atoms. The summed E-state index contributed by atoms with van der Waals surface area (Å²) in [6.07, 6.45) is -0.245. The molecule has 1 atom stereocenters. The number of hydrogen-bond donors (Lipinski definition) is 1. The molecule has 1 aliphatic rings. The lowest BCUT2D eigenvalue weighted by Gasteiger charge is -2.33. The molecule has 1 heterocycles. The molecule has 1 saturated heterocycles. The zero-order valence-corrected chi connectivity index (χ0v) is 8.89. The predicted molar refractivity (Wildman–Crippen MR) is 53.5 cm³/mol. The minimum Gasteiger partial charge on any atom is -0.330 e. The molecule has 2 nitrogen and oxygen atoms in total. The molecule has 1 fully saturated rings. The summed E-state index contributed by atoms with van der Waals surface area (Å²) in [5.41, 5.74) is 5.39. The zero-order chi connectivity index (χ0) is 11.3. The van der Waals surface area contributed by atoms with Gasteiger partial charge < -0.3 is 5.73 Å². The largest absolute Gasteiger partial charge is 0.401 e. The van der Waals surface area contributed by atoms with Gasteiger partial charge in [0.15, 0.2) is 0 Å². The van der Waals surface area contributed by atoms with Gasteiger partial charge in [0.2, 0.25) is 0 Å². The lowest BCUT2D eigenvalue weighted by Crippen LogP contribution is -2.41. The van der Waals surface area contributed by atoms with E-state index in [2.05, 4.69) is 0 Å². The Hall–Kier alpha value is -0.290. The fourth-order valence-corrected chi connectivity index (χ4v) is 2.19. The number of piperidine rings is 1. The van der Waals surface area contributed by atoms with Crippen LogP contribution in [0.5, 0.6) is 0 Å². The Balaban J connectivity index is 2.29. The number of likely N-dealkylation sites (tertiary alicyclic amines) is 1. The monoisotopic (exact) mass is 224 g/mol. The minimum absolute atomic E-state index is 0.407. The summed E-state index contributed by atoms with van der Waals surface area (Å²) in [6.45, 7) is 1.04. The zero-order valence-electron chi connectivity index (χ0n) is 8.89. The summed E-state index contributed by atoms with van der Waals surface area (Å²) in [5, 5.41) is 0. The van der Waals surface area contributed by atoms with Gasteiger partial charge in [-0.3, -0.25) is 4.90 Å². The van der Waals surface area contributed by atoms with Gasteiger partial charge in [-0.25, -0.2) is 0 Å². The molecule has 0 amide bonds. The molecule has 0 aliphatic carbocycles. The highest BCUT2D eigenvalue weighted by atomic mass is 19.4. The number of rotatable bonds is 4. The molecule has 0 aromatic carbocycles. The molecule has 0 aromatic rings. The predicted octanol–water partition coefficient (Wildman–Crippen LogP) is 2.00. The Morgan fingerprint density at radius 2 is 2.07 bits per heavy atom. The molecule has 0 saturated carbocycles. The number of alkyl halides is 3. The third-order valence-electron chi connectivity index (χ3n) is 2.82. The summed E-state index contributed by atoms with van der Waals surface area (Å²) in [5.74, 6) is 0.407. The Bertz CT molecular complexity index is 182. The second kappa shape index (κ2) is 5.70. The maximum Gasteiger partial charge on any atom is 0.401 e. The Morgan fingerprint density at radius 3 is 2.67 bits per heavy atom. The van der Waals surface area contributed by atoms with Crippen molar-refractivity contribution in [2.24, 2.45) is 11.7 Å². The van der Waals surface area contributed by atoms with E-state index in [9.17, 15) is 13.2 Å². The summed E-state index contributed by atoms with van der Waals surface area (Å²) in [6, 6.07) is 0. The molecule has 90 valence electrons. The fourth-order valence-electron chi connectivity index (χ4n) is 2.19. The fraction of sp³-hybridized carbons (Fsp3) is 1.00. The van der Waals surface area contributed by atoms with Crippen LogP contribution in [0, 0.1) is 5.92 Å². The first-order valence-corrected chi connectivity index (χ1v) is 5.50. The van der Waals surface area contributed by atoms with Gasteiger partial charge in [0, 0.05) is 6.54 Å². The van der Waals surface area contributed by atoms with E-state index in [4.69, 9.17) is 5.73 Å². The van der Waals surface area contributed by atoms with Crippen molar-refractivity contribution in [2.75, 3.05) is 26.2 Å². The van der Waals surface area contributed by atoms with Crippen molar-refractivity contribution >= 4 is 0 Å². The first-order valence-electron chi connectivity index (χ1n) is 5.50. The van der Waals surface area contributed by atoms with E-state index in [0.29, 0.717) is 25.6 Å². The van der Waals surface area contributed by atoms with Gasteiger partial charge in [0.25, 0.3) is 0 Å². The van der Waals surface area contributed by atoms with E-state index in [1.54, 1.807) is 0 Å². The molecule has 5 heteroatoms. The SMILES string of the molecule is NCCCC1CCCN(CC(F)(F)F)C1. The number of nitrogens with zero attached hydrogens (tertiary/aromatic N) is 1. The van der Waals surface area contributed by atoms with E-state index in [-0.39, 0.29) is 0 Å². The number of nitrogens with two attached hydrogens (primary N) is 1. The van der Waals surface area contributed by atoms with Crippen LogP contribution in [0.1, 0.15) is 25.7 Å². The molecule has 1 rings (SSSR count). The van der Waals surface area contributed by atoms with E-state index in [1.165, 1.54) is 4.90 Å². The van der Waals surface area contributed by atoms with Gasteiger partial charge in [-0.05, 0) is 44.7 Å². The second-order valence-electron chi connectivity index (χ2n) is 4.29. The second-order valence-corrected chi connectivity index (χ2v) is 4.29. The molecule has 0 aromatic heterocycles. The molecule has 2 N–H and O–H groups in total. The highest BCUT2D eigenvalue weighted by Gasteiger charge is 2.32. The van der Waals surface area contributed by atoms with E-state index in [0.717, 1.165) is 25.7 Å². The van der Waals surface area contributed by atoms with E-state index >= 15 is 0 Å². The first kappa shape index (κ1) is 12.8. The van der Waals surface area contributed by atoms with Crippen molar-refractivity contribution in [1.29, 1.82) is 0 Å². The highest BCUT2D eigenvalue weighted by Crippen LogP contribution is 2.24. The third kappa shape index (κ3) is 5.37. The van der Waals surface area contributed by atoms with Gasteiger partial charge in [0.1, 0.15) is 0 Å². The lowest BCUT2D eigenvalue weighted by molar-refractivity contribution is -0.149. The molecule has 0 radical (unpaired) electrons. The minimum atomic E-state index is -4.06. The first-order chi connectivity index (χ1) is 7.01. The van der Waals surface area contributed by atoms with Crippen molar-refractivity contribution in [2.45, 2.75) is 31.9 Å². The van der Waals surface area contributed by atoms with Crippen LogP contribution in [0.2, 0.25) is 0 Å². The van der Waals surface area contributed by atoms with Crippen LogP contribution in [-0.4, -0.2) is 37.3 Å². The van der Waals surface area contributed by atoms with Crippen molar-refractivity contribution in [3.05, 3.63) is 0 Å². The summed E-state index contributed by atoms with van der Waals surface area (Å²) >= 11 is 0. The topological polar surface area (TPSA) is 29.3 Å². The summed E-state index contributed by atoms with van der Waals surface area (Å²) in [7, 11) is 0. The summed E-state index contributed by atoms with van der Waals surface area (Å²) in [4.78, 5) is 1.52. The van der Waals surface area contributed by atoms with Crippen molar-refractivity contribution in [3.8, 4) is 0 Å². The van der Waals surface area contributed by atoms with Crippen LogP contribution >= 0.6 is 0 Å². The molecule has 1 aliphatic heterocycles. The highest BCUT2D eigenvalue weighted by molar-refractivity contribution is 4.74. The average Bonchev–Trinajstić information content (AvgIpc) is 2.12. The van der Waals surface area contributed by atoms with Crippen LogP contribution in [0.15, 0.2) is 0 Å². The molecule has 1 unspecified atom stereocenters.